The molecule has 0 atom stereocenters. The van der Waals surface area contributed by atoms with Gasteiger partial charge in [-0.2, -0.15) is 0 Å². The Morgan fingerprint density at radius 2 is 1.15 bits per heavy atom. The molecule has 0 aromatic rings. The summed E-state index contributed by atoms with van der Waals surface area (Å²) in [6, 6.07) is 0. The standard InChI is InChI=1S/C22H40O5/c1-7-27-20(25)22(4,5)17-13-9-11-15-18(23)14-10-8-12-16-21(2,3)19(24)26-6/h7-17H2,1-6H3. The van der Waals surface area contributed by atoms with Gasteiger partial charge in [-0.15, -0.1) is 0 Å². The molecule has 0 N–H and O–H groups in total. The first-order chi connectivity index (χ1) is 12.6. The molecule has 0 aromatic carbocycles. The summed E-state index contributed by atoms with van der Waals surface area (Å²) in [5.74, 6) is -0.00644. The second-order valence-corrected chi connectivity index (χ2v) is 8.64. The normalized spacial score (nSPS) is 11.9. The Kier molecular flexibility index (Phi) is 12.2. The van der Waals surface area contributed by atoms with E-state index in [9.17, 15) is 14.4 Å². The quantitative estimate of drug-likeness (QED) is 0.285. The van der Waals surface area contributed by atoms with Gasteiger partial charge in [0.05, 0.1) is 24.5 Å². The molecule has 0 saturated heterocycles. The SMILES string of the molecule is CCOC(=O)C(C)(C)CCCCCC(=O)CCCCCC(C)(C)C(=O)OC. The molecule has 0 spiro atoms. The Hall–Kier alpha value is -1.39. The van der Waals surface area contributed by atoms with Crippen molar-refractivity contribution in [2.45, 2.75) is 98.8 Å². The van der Waals surface area contributed by atoms with Crippen LogP contribution < -0.4 is 0 Å². The molecule has 0 amide bonds. The van der Waals surface area contributed by atoms with Crippen LogP contribution in [0, 0.1) is 10.8 Å². The van der Waals surface area contributed by atoms with Crippen molar-refractivity contribution in [2.75, 3.05) is 13.7 Å². The summed E-state index contributed by atoms with van der Waals surface area (Å²) in [7, 11) is 1.42. The van der Waals surface area contributed by atoms with Gasteiger partial charge >= 0.3 is 11.9 Å². The second-order valence-electron chi connectivity index (χ2n) is 8.64. The number of ether oxygens (including phenoxy) is 2. The minimum Gasteiger partial charge on any atom is -0.469 e. The number of rotatable bonds is 15. The molecule has 0 aliphatic rings. The summed E-state index contributed by atoms with van der Waals surface area (Å²) in [5.41, 5.74) is -0.895. The molecule has 158 valence electrons. The van der Waals surface area contributed by atoms with Gasteiger partial charge in [-0.05, 0) is 60.3 Å². The zero-order valence-corrected chi connectivity index (χ0v) is 18.3. The number of carbonyl (C=O) groups excluding carboxylic acids is 3. The fraction of sp³-hybridized carbons (Fsp3) is 0.864. The van der Waals surface area contributed by atoms with Crippen LogP contribution in [0.15, 0.2) is 0 Å². The Labute approximate surface area is 165 Å². The van der Waals surface area contributed by atoms with Gasteiger partial charge in [-0.3, -0.25) is 14.4 Å². The summed E-state index contributed by atoms with van der Waals surface area (Å²) >= 11 is 0. The van der Waals surface area contributed by atoms with E-state index < -0.39 is 10.8 Å². The van der Waals surface area contributed by atoms with E-state index in [-0.39, 0.29) is 11.9 Å². The summed E-state index contributed by atoms with van der Waals surface area (Å²) in [6.45, 7) is 9.85. The molecule has 0 unspecified atom stereocenters. The first kappa shape index (κ1) is 25.6. The molecule has 5 heteroatoms. The summed E-state index contributed by atoms with van der Waals surface area (Å²) in [5, 5.41) is 0. The summed E-state index contributed by atoms with van der Waals surface area (Å²) in [4.78, 5) is 35.4. The lowest BCUT2D eigenvalue weighted by molar-refractivity contribution is -0.154. The summed E-state index contributed by atoms with van der Waals surface area (Å²) < 4.78 is 9.89. The summed E-state index contributed by atoms with van der Waals surface area (Å²) in [6.07, 6.45) is 8.35. The van der Waals surface area contributed by atoms with Crippen molar-refractivity contribution in [2.24, 2.45) is 10.8 Å². The molecule has 5 nitrogen and oxygen atoms in total. The lowest BCUT2D eigenvalue weighted by Gasteiger charge is -2.21. The molecule has 0 aliphatic heterocycles. The lowest BCUT2D eigenvalue weighted by Crippen LogP contribution is -2.26. The molecular formula is C22H40O5. The van der Waals surface area contributed by atoms with Gasteiger partial charge in [0.15, 0.2) is 0 Å². The van der Waals surface area contributed by atoms with Crippen molar-refractivity contribution >= 4 is 17.7 Å². The number of carbonyl (C=O) groups is 3. The molecular weight excluding hydrogens is 344 g/mol. The van der Waals surface area contributed by atoms with Crippen LogP contribution in [0.3, 0.4) is 0 Å². The molecule has 0 rings (SSSR count). The third-order valence-electron chi connectivity index (χ3n) is 5.08. The minimum absolute atomic E-state index is 0.142. The molecule has 0 saturated carbocycles. The first-order valence-corrected chi connectivity index (χ1v) is 10.3. The lowest BCUT2D eigenvalue weighted by atomic mass is 9.86. The van der Waals surface area contributed by atoms with E-state index in [1.54, 1.807) is 0 Å². The maximum atomic E-state index is 12.0. The molecule has 0 aromatic heterocycles. The third-order valence-corrected chi connectivity index (χ3v) is 5.08. The topological polar surface area (TPSA) is 69.7 Å². The van der Waals surface area contributed by atoms with E-state index in [4.69, 9.17) is 9.47 Å². The Balaban J connectivity index is 3.76. The number of unbranched alkanes of at least 4 members (excludes halogenated alkanes) is 4. The number of ketones is 1. The van der Waals surface area contributed by atoms with Crippen LogP contribution in [-0.4, -0.2) is 31.4 Å². The van der Waals surface area contributed by atoms with E-state index in [0.29, 0.717) is 25.2 Å². The smallest absolute Gasteiger partial charge is 0.311 e. The van der Waals surface area contributed by atoms with Crippen LogP contribution in [-0.2, 0) is 23.9 Å². The number of esters is 2. The number of hydrogen-bond donors (Lipinski definition) is 0. The zero-order valence-electron chi connectivity index (χ0n) is 18.3. The van der Waals surface area contributed by atoms with Gasteiger partial charge in [0, 0.05) is 12.8 Å². The Morgan fingerprint density at radius 3 is 1.56 bits per heavy atom. The van der Waals surface area contributed by atoms with Crippen LogP contribution in [0.1, 0.15) is 98.8 Å². The van der Waals surface area contributed by atoms with Crippen LogP contribution in [0.5, 0.6) is 0 Å². The number of methoxy groups -OCH3 is 1. The number of Topliss-reactive ketones (excluding diaryl/α,β-unsaturated/α-hetero) is 1. The molecule has 27 heavy (non-hydrogen) atoms. The van der Waals surface area contributed by atoms with E-state index in [1.165, 1.54) is 7.11 Å². The van der Waals surface area contributed by atoms with Crippen LogP contribution in [0.25, 0.3) is 0 Å². The minimum atomic E-state index is -0.448. The van der Waals surface area contributed by atoms with Gasteiger partial charge < -0.3 is 9.47 Å². The van der Waals surface area contributed by atoms with Crippen molar-refractivity contribution in [1.82, 2.24) is 0 Å². The van der Waals surface area contributed by atoms with Crippen molar-refractivity contribution in [3.8, 4) is 0 Å². The van der Waals surface area contributed by atoms with Gasteiger partial charge in [0.2, 0.25) is 0 Å². The number of hydrogen-bond acceptors (Lipinski definition) is 5. The second kappa shape index (κ2) is 12.9. The third kappa shape index (κ3) is 11.1. The van der Waals surface area contributed by atoms with Gasteiger partial charge in [0.25, 0.3) is 0 Å². The highest BCUT2D eigenvalue weighted by atomic mass is 16.5. The van der Waals surface area contributed by atoms with Crippen molar-refractivity contribution in [3.63, 3.8) is 0 Å². The highest BCUT2D eigenvalue weighted by Gasteiger charge is 2.28. The maximum absolute atomic E-state index is 12.0. The Morgan fingerprint density at radius 1 is 0.704 bits per heavy atom. The van der Waals surface area contributed by atoms with Crippen LogP contribution in [0.4, 0.5) is 0 Å². The van der Waals surface area contributed by atoms with Crippen LogP contribution in [0.2, 0.25) is 0 Å². The fourth-order valence-electron chi connectivity index (χ4n) is 3.06. The van der Waals surface area contributed by atoms with Crippen molar-refractivity contribution in [3.05, 3.63) is 0 Å². The van der Waals surface area contributed by atoms with Gasteiger partial charge in [0.1, 0.15) is 5.78 Å². The molecule has 0 radical (unpaired) electrons. The highest BCUT2D eigenvalue weighted by Crippen LogP contribution is 2.26. The highest BCUT2D eigenvalue weighted by molar-refractivity contribution is 5.78. The average Bonchev–Trinajstić information content (AvgIpc) is 2.60. The van der Waals surface area contributed by atoms with Gasteiger partial charge in [-0.1, -0.05) is 25.7 Å². The molecule has 0 fully saturated rings. The van der Waals surface area contributed by atoms with E-state index in [2.05, 4.69) is 0 Å². The largest absolute Gasteiger partial charge is 0.469 e. The fourth-order valence-corrected chi connectivity index (χ4v) is 3.06. The molecule has 0 aliphatic carbocycles. The predicted octanol–water partition coefficient (Wildman–Crippen LogP) is 5.25. The molecule has 0 heterocycles. The van der Waals surface area contributed by atoms with Crippen LogP contribution >= 0.6 is 0 Å². The molecule has 0 bridgehead atoms. The predicted molar refractivity (Wildman–Crippen MR) is 107 cm³/mol. The Bertz CT molecular complexity index is 465. The van der Waals surface area contributed by atoms with Gasteiger partial charge in [-0.25, -0.2) is 0 Å². The monoisotopic (exact) mass is 384 g/mol. The first-order valence-electron chi connectivity index (χ1n) is 10.3. The maximum Gasteiger partial charge on any atom is 0.311 e. The van der Waals surface area contributed by atoms with Crippen molar-refractivity contribution in [1.29, 1.82) is 0 Å². The van der Waals surface area contributed by atoms with E-state index >= 15 is 0 Å². The van der Waals surface area contributed by atoms with E-state index in [0.717, 1.165) is 51.4 Å². The van der Waals surface area contributed by atoms with E-state index in [1.807, 2.05) is 34.6 Å². The van der Waals surface area contributed by atoms with Crippen molar-refractivity contribution < 1.29 is 23.9 Å². The zero-order chi connectivity index (χ0) is 20.9. The average molecular weight is 385 g/mol.